The molecule has 0 radical (unpaired) electrons. The normalized spacial score (nSPS) is 10.1. The predicted molar refractivity (Wildman–Crippen MR) is 88.3 cm³/mol. The number of primary amides is 1. The van der Waals surface area contributed by atoms with Gasteiger partial charge in [0, 0.05) is 22.0 Å². The number of benzene rings is 2. The monoisotopic (exact) mass is 317 g/mol. The van der Waals surface area contributed by atoms with Crippen LogP contribution in [0.3, 0.4) is 0 Å². The van der Waals surface area contributed by atoms with Crippen LogP contribution in [0.15, 0.2) is 42.5 Å². The van der Waals surface area contributed by atoms with Gasteiger partial charge in [-0.3, -0.25) is 9.59 Å². The molecule has 2 rings (SSSR count). The molecule has 0 aliphatic carbocycles. The average Bonchev–Trinajstić information content (AvgIpc) is 2.49. The van der Waals surface area contributed by atoms with Crippen LogP contribution < -0.4 is 16.4 Å². The highest BCUT2D eigenvalue weighted by Crippen LogP contribution is 2.19. The van der Waals surface area contributed by atoms with Crippen LogP contribution in [0.4, 0.5) is 11.4 Å². The van der Waals surface area contributed by atoms with E-state index in [4.69, 9.17) is 17.3 Å². The van der Waals surface area contributed by atoms with Gasteiger partial charge >= 0.3 is 0 Å². The van der Waals surface area contributed by atoms with Gasteiger partial charge in [-0.15, -0.1) is 0 Å². The second-order valence-corrected chi connectivity index (χ2v) is 5.21. The third-order valence-corrected chi connectivity index (χ3v) is 3.49. The standard InChI is InChI=1S/C16H16ClN3O2/c1-10-2-5-13(8-14(10)17)19-9-15(21)20-12-6-3-11(4-7-12)16(18)22/h2-8,19H,9H2,1H3,(H2,18,22)(H,20,21). The zero-order valence-electron chi connectivity index (χ0n) is 12.0. The van der Waals surface area contributed by atoms with Crippen molar-refractivity contribution in [1.29, 1.82) is 0 Å². The minimum atomic E-state index is -0.504. The van der Waals surface area contributed by atoms with Crippen molar-refractivity contribution in [2.24, 2.45) is 5.73 Å². The Balaban J connectivity index is 1.89. The van der Waals surface area contributed by atoms with Crippen molar-refractivity contribution in [3.63, 3.8) is 0 Å². The summed E-state index contributed by atoms with van der Waals surface area (Å²) in [6, 6.07) is 11.9. The fraction of sp³-hybridized carbons (Fsp3) is 0.125. The van der Waals surface area contributed by atoms with Crippen LogP contribution >= 0.6 is 11.6 Å². The van der Waals surface area contributed by atoms with E-state index in [0.717, 1.165) is 11.3 Å². The molecule has 0 heterocycles. The number of halogens is 1. The molecule has 0 saturated carbocycles. The molecule has 22 heavy (non-hydrogen) atoms. The highest BCUT2D eigenvalue weighted by Gasteiger charge is 2.05. The highest BCUT2D eigenvalue weighted by atomic mass is 35.5. The van der Waals surface area contributed by atoms with E-state index in [1.807, 2.05) is 19.1 Å². The van der Waals surface area contributed by atoms with Gasteiger partial charge in [-0.05, 0) is 48.9 Å². The number of amides is 2. The van der Waals surface area contributed by atoms with E-state index in [9.17, 15) is 9.59 Å². The van der Waals surface area contributed by atoms with E-state index in [0.29, 0.717) is 16.3 Å². The molecular weight excluding hydrogens is 302 g/mol. The topological polar surface area (TPSA) is 84.2 Å². The molecule has 2 amide bonds. The number of hydrogen-bond acceptors (Lipinski definition) is 3. The fourth-order valence-electron chi connectivity index (χ4n) is 1.81. The van der Waals surface area contributed by atoms with Gasteiger partial charge in [-0.1, -0.05) is 17.7 Å². The summed E-state index contributed by atoms with van der Waals surface area (Å²) < 4.78 is 0. The third kappa shape index (κ3) is 4.23. The van der Waals surface area contributed by atoms with Gasteiger partial charge in [0.25, 0.3) is 0 Å². The first kappa shape index (κ1) is 15.9. The molecule has 0 spiro atoms. The van der Waals surface area contributed by atoms with E-state index >= 15 is 0 Å². The molecular formula is C16H16ClN3O2. The summed E-state index contributed by atoms with van der Waals surface area (Å²) in [6.45, 7) is 2.02. The molecule has 0 bridgehead atoms. The number of rotatable bonds is 5. The maximum absolute atomic E-state index is 11.9. The molecule has 4 N–H and O–H groups in total. The molecule has 2 aromatic carbocycles. The quantitative estimate of drug-likeness (QED) is 0.792. The molecule has 5 nitrogen and oxygen atoms in total. The van der Waals surface area contributed by atoms with Crippen LogP contribution in [-0.4, -0.2) is 18.4 Å². The molecule has 0 saturated heterocycles. The Kier molecular flexibility index (Phi) is 5.01. The van der Waals surface area contributed by atoms with Crippen LogP contribution in [0.5, 0.6) is 0 Å². The van der Waals surface area contributed by atoms with Crippen molar-refractivity contribution in [2.75, 3.05) is 17.2 Å². The minimum absolute atomic E-state index is 0.108. The molecule has 114 valence electrons. The summed E-state index contributed by atoms with van der Waals surface area (Å²) in [5.74, 6) is -0.709. The Morgan fingerprint density at radius 2 is 1.73 bits per heavy atom. The third-order valence-electron chi connectivity index (χ3n) is 3.08. The first-order valence-electron chi connectivity index (χ1n) is 6.65. The van der Waals surface area contributed by atoms with E-state index in [2.05, 4.69) is 10.6 Å². The van der Waals surface area contributed by atoms with Crippen molar-refractivity contribution < 1.29 is 9.59 Å². The van der Waals surface area contributed by atoms with Gasteiger partial charge in [0.1, 0.15) is 0 Å². The maximum atomic E-state index is 11.9. The van der Waals surface area contributed by atoms with Crippen LogP contribution in [0, 0.1) is 6.92 Å². The average molecular weight is 318 g/mol. The van der Waals surface area contributed by atoms with Crippen molar-refractivity contribution >= 4 is 34.8 Å². The lowest BCUT2D eigenvalue weighted by Gasteiger charge is -2.09. The summed E-state index contributed by atoms with van der Waals surface area (Å²) in [7, 11) is 0. The Morgan fingerprint density at radius 3 is 2.32 bits per heavy atom. The summed E-state index contributed by atoms with van der Waals surface area (Å²) in [6.07, 6.45) is 0. The molecule has 0 atom stereocenters. The van der Waals surface area contributed by atoms with E-state index in [1.54, 1.807) is 30.3 Å². The van der Waals surface area contributed by atoms with Gasteiger partial charge in [0.15, 0.2) is 0 Å². The number of carbonyl (C=O) groups excluding carboxylic acids is 2. The first-order chi connectivity index (χ1) is 10.5. The number of aryl methyl sites for hydroxylation is 1. The Bertz CT molecular complexity index is 699. The summed E-state index contributed by atoms with van der Waals surface area (Å²) in [5, 5.41) is 6.36. The number of hydrogen-bond donors (Lipinski definition) is 3. The Morgan fingerprint density at radius 1 is 1.09 bits per heavy atom. The van der Waals surface area contributed by atoms with Gasteiger partial charge in [0.05, 0.1) is 6.54 Å². The van der Waals surface area contributed by atoms with Gasteiger partial charge in [-0.25, -0.2) is 0 Å². The second kappa shape index (κ2) is 6.95. The predicted octanol–water partition coefficient (Wildman–Crippen LogP) is 2.80. The number of nitrogens with two attached hydrogens (primary N) is 1. The number of nitrogens with one attached hydrogen (secondary N) is 2. The van der Waals surface area contributed by atoms with E-state index in [-0.39, 0.29) is 12.5 Å². The lowest BCUT2D eigenvalue weighted by atomic mass is 10.2. The highest BCUT2D eigenvalue weighted by molar-refractivity contribution is 6.31. The number of anilines is 2. The lowest BCUT2D eigenvalue weighted by molar-refractivity contribution is -0.114. The van der Waals surface area contributed by atoms with Crippen molar-refractivity contribution in [3.8, 4) is 0 Å². The molecule has 2 aromatic rings. The van der Waals surface area contributed by atoms with Crippen LogP contribution in [-0.2, 0) is 4.79 Å². The van der Waals surface area contributed by atoms with Gasteiger partial charge in [0.2, 0.25) is 11.8 Å². The molecule has 0 fully saturated rings. The van der Waals surface area contributed by atoms with E-state index in [1.165, 1.54) is 0 Å². The largest absolute Gasteiger partial charge is 0.376 e. The van der Waals surface area contributed by atoms with Gasteiger partial charge < -0.3 is 16.4 Å². The smallest absolute Gasteiger partial charge is 0.248 e. The lowest BCUT2D eigenvalue weighted by Crippen LogP contribution is -2.21. The molecule has 0 aliphatic rings. The SMILES string of the molecule is Cc1ccc(NCC(=O)Nc2ccc(C(N)=O)cc2)cc1Cl. The summed E-state index contributed by atoms with van der Waals surface area (Å²) in [5.41, 5.74) is 7.89. The summed E-state index contributed by atoms with van der Waals surface area (Å²) >= 11 is 6.02. The molecule has 0 aliphatic heterocycles. The van der Waals surface area contributed by atoms with Crippen molar-refractivity contribution in [3.05, 3.63) is 58.6 Å². The van der Waals surface area contributed by atoms with Crippen LogP contribution in [0.25, 0.3) is 0 Å². The molecule has 6 heteroatoms. The van der Waals surface area contributed by atoms with Crippen molar-refractivity contribution in [2.45, 2.75) is 6.92 Å². The number of carbonyl (C=O) groups is 2. The van der Waals surface area contributed by atoms with Crippen LogP contribution in [0.1, 0.15) is 15.9 Å². The zero-order chi connectivity index (χ0) is 16.1. The second-order valence-electron chi connectivity index (χ2n) is 4.81. The van der Waals surface area contributed by atoms with Crippen molar-refractivity contribution in [1.82, 2.24) is 0 Å². The maximum Gasteiger partial charge on any atom is 0.248 e. The molecule has 0 unspecified atom stereocenters. The molecule has 0 aromatic heterocycles. The Hall–Kier alpha value is -2.53. The van der Waals surface area contributed by atoms with Gasteiger partial charge in [-0.2, -0.15) is 0 Å². The Labute approximate surface area is 133 Å². The minimum Gasteiger partial charge on any atom is -0.376 e. The first-order valence-corrected chi connectivity index (χ1v) is 7.03. The summed E-state index contributed by atoms with van der Waals surface area (Å²) in [4.78, 5) is 22.8. The zero-order valence-corrected chi connectivity index (χ0v) is 12.8. The fourth-order valence-corrected chi connectivity index (χ4v) is 1.99. The van der Waals surface area contributed by atoms with E-state index < -0.39 is 5.91 Å². The van der Waals surface area contributed by atoms with Crippen LogP contribution in [0.2, 0.25) is 5.02 Å².